The summed E-state index contributed by atoms with van der Waals surface area (Å²) in [5.74, 6) is -1.61. The molecule has 3 heterocycles. The van der Waals surface area contributed by atoms with Gasteiger partial charge < -0.3 is 20.7 Å². The number of anilines is 2. The van der Waals surface area contributed by atoms with E-state index in [1.165, 1.54) is 47.1 Å². The molecule has 12 heteroatoms. The van der Waals surface area contributed by atoms with Gasteiger partial charge in [-0.15, -0.1) is 34.4 Å². The molecular formula is C39H36N4O5S3. The number of ether oxygens (including phenoxy) is 1. The molecule has 5 aromatic rings. The van der Waals surface area contributed by atoms with Crippen molar-refractivity contribution < 1.29 is 23.9 Å². The molecule has 3 N–H and O–H groups in total. The molecule has 0 bridgehead atoms. The lowest BCUT2D eigenvalue weighted by Crippen LogP contribution is -2.30. The summed E-state index contributed by atoms with van der Waals surface area (Å²) >= 11 is 4.19. The molecule has 6 rings (SSSR count). The van der Waals surface area contributed by atoms with Crippen LogP contribution in [0.2, 0.25) is 0 Å². The van der Waals surface area contributed by atoms with Crippen LogP contribution in [0.3, 0.4) is 0 Å². The van der Waals surface area contributed by atoms with Crippen molar-refractivity contribution in [3.05, 3.63) is 140 Å². The van der Waals surface area contributed by atoms with Crippen molar-refractivity contribution in [3.8, 4) is 0 Å². The number of thiophene rings is 2. The van der Waals surface area contributed by atoms with Crippen LogP contribution in [0.25, 0.3) is 6.08 Å². The Morgan fingerprint density at radius 2 is 1.71 bits per heavy atom. The second kappa shape index (κ2) is 16.8. The Morgan fingerprint density at radius 3 is 2.43 bits per heavy atom. The third-order valence-corrected chi connectivity index (χ3v) is 11.2. The molecule has 0 saturated heterocycles. The zero-order valence-corrected chi connectivity index (χ0v) is 30.5. The van der Waals surface area contributed by atoms with E-state index >= 15 is 0 Å². The molecule has 9 nitrogen and oxygen atoms in total. The first-order valence-corrected chi connectivity index (χ1v) is 18.8. The van der Waals surface area contributed by atoms with E-state index in [0.717, 1.165) is 33.3 Å². The van der Waals surface area contributed by atoms with E-state index in [-0.39, 0.29) is 11.6 Å². The number of fused-ring (bicyclic) bond motifs is 1. The highest BCUT2D eigenvalue weighted by atomic mass is 32.2. The predicted octanol–water partition coefficient (Wildman–Crippen LogP) is 7.68. The number of nitrogens with zero attached hydrogens (tertiary/aromatic N) is 1. The van der Waals surface area contributed by atoms with E-state index in [2.05, 4.69) is 33.0 Å². The monoisotopic (exact) mass is 736 g/mol. The van der Waals surface area contributed by atoms with Crippen LogP contribution in [0.1, 0.15) is 48.5 Å². The molecule has 260 valence electrons. The summed E-state index contributed by atoms with van der Waals surface area (Å²) < 4.78 is 5.13. The zero-order valence-electron chi connectivity index (χ0n) is 28.0. The van der Waals surface area contributed by atoms with Crippen molar-refractivity contribution in [1.29, 1.82) is 0 Å². The highest BCUT2D eigenvalue weighted by Crippen LogP contribution is 2.38. The molecule has 1 atom stereocenters. The molecule has 2 aromatic heterocycles. The first-order chi connectivity index (χ1) is 24.8. The average Bonchev–Trinajstić information content (AvgIpc) is 3.79. The van der Waals surface area contributed by atoms with Crippen LogP contribution in [0, 0.1) is 0 Å². The van der Waals surface area contributed by atoms with Gasteiger partial charge in [-0.05, 0) is 72.3 Å². The summed E-state index contributed by atoms with van der Waals surface area (Å²) in [6, 6.07) is 29.8. The van der Waals surface area contributed by atoms with Crippen molar-refractivity contribution in [3.63, 3.8) is 0 Å². The van der Waals surface area contributed by atoms with Crippen LogP contribution in [-0.2, 0) is 33.8 Å². The summed E-state index contributed by atoms with van der Waals surface area (Å²) in [6.07, 6.45) is 2.32. The van der Waals surface area contributed by atoms with Gasteiger partial charge in [0, 0.05) is 45.5 Å². The Labute approximate surface area is 308 Å². The molecule has 0 radical (unpaired) electrons. The highest BCUT2D eigenvalue weighted by molar-refractivity contribution is 8.00. The number of nitrogens with one attached hydrogen (secondary N) is 3. The Bertz CT molecular complexity index is 2050. The van der Waals surface area contributed by atoms with Crippen LogP contribution in [0.4, 0.5) is 10.7 Å². The topological polar surface area (TPSA) is 117 Å². The van der Waals surface area contributed by atoms with Gasteiger partial charge in [-0.3, -0.25) is 19.3 Å². The van der Waals surface area contributed by atoms with Gasteiger partial charge in [-0.25, -0.2) is 4.79 Å². The standard InChI is InChI=1S/C39H36N4O5S3/c1-25(35(44)42-38-34(39(47)48-2)31-18-19-43(24-33(31)51-38)23-26-11-5-3-6-12-26)50-30-16-9-15-28(21-30)40-37(46)32(22-29-17-10-20-49-29)41-36(45)27-13-7-4-8-14-27/h3-17,20-22,25H,18-19,23-24H2,1-2H3,(H,40,46)(H,41,45)(H,42,44)/b32-22-. The van der Waals surface area contributed by atoms with Crippen molar-refractivity contribution in [2.24, 2.45) is 0 Å². The van der Waals surface area contributed by atoms with Gasteiger partial charge in [0.15, 0.2) is 0 Å². The molecule has 0 saturated carbocycles. The highest BCUT2D eigenvalue weighted by Gasteiger charge is 2.30. The lowest BCUT2D eigenvalue weighted by Gasteiger charge is -2.27. The van der Waals surface area contributed by atoms with E-state index in [4.69, 9.17) is 4.74 Å². The molecule has 1 aliphatic rings. The minimum atomic E-state index is -0.533. The largest absolute Gasteiger partial charge is 0.465 e. The predicted molar refractivity (Wildman–Crippen MR) is 205 cm³/mol. The van der Waals surface area contributed by atoms with Gasteiger partial charge in [-0.1, -0.05) is 60.7 Å². The molecular weight excluding hydrogens is 701 g/mol. The first kappa shape index (κ1) is 35.8. The lowest BCUT2D eigenvalue weighted by molar-refractivity contribution is -0.115. The number of benzene rings is 3. The second-order valence-corrected chi connectivity index (χ2v) is 15.3. The SMILES string of the molecule is COC(=O)c1c(NC(=O)C(C)Sc2cccc(NC(=O)/C(=C/c3cccs3)NC(=O)c3ccccc3)c2)sc2c1CCN(Cc1ccccc1)C2. The van der Waals surface area contributed by atoms with Crippen LogP contribution < -0.4 is 16.0 Å². The van der Waals surface area contributed by atoms with Crippen LogP contribution in [0.15, 0.2) is 113 Å². The van der Waals surface area contributed by atoms with E-state index < -0.39 is 23.0 Å². The van der Waals surface area contributed by atoms with Crippen LogP contribution in [0.5, 0.6) is 0 Å². The fourth-order valence-corrected chi connectivity index (χ4v) is 8.48. The van der Waals surface area contributed by atoms with E-state index in [0.29, 0.717) is 34.8 Å². The third-order valence-electron chi connectivity index (χ3n) is 8.14. The minimum absolute atomic E-state index is 0.0975. The maximum Gasteiger partial charge on any atom is 0.341 e. The summed E-state index contributed by atoms with van der Waals surface area (Å²) in [7, 11) is 1.35. The molecule has 1 aliphatic heterocycles. The summed E-state index contributed by atoms with van der Waals surface area (Å²) in [6.45, 7) is 4.06. The summed E-state index contributed by atoms with van der Waals surface area (Å²) in [5, 5.41) is 10.5. The van der Waals surface area contributed by atoms with E-state index in [1.807, 2.05) is 47.8 Å². The van der Waals surface area contributed by atoms with Gasteiger partial charge in [0.25, 0.3) is 11.8 Å². The number of carbonyl (C=O) groups is 4. The number of rotatable bonds is 12. The number of hydrogen-bond donors (Lipinski definition) is 3. The molecule has 1 unspecified atom stereocenters. The lowest BCUT2D eigenvalue weighted by atomic mass is 10.0. The average molecular weight is 737 g/mol. The maximum atomic E-state index is 13.5. The first-order valence-electron chi connectivity index (χ1n) is 16.3. The summed E-state index contributed by atoms with van der Waals surface area (Å²) in [5.41, 5.74) is 3.61. The molecule has 3 amide bonds. The Kier molecular flexibility index (Phi) is 11.8. The zero-order chi connectivity index (χ0) is 35.7. The van der Waals surface area contributed by atoms with Crippen LogP contribution >= 0.6 is 34.4 Å². The Hall–Kier alpha value is -5.01. The molecule has 0 fully saturated rings. The van der Waals surface area contributed by atoms with Crippen molar-refractivity contribution >= 4 is 74.9 Å². The number of esters is 1. The quantitative estimate of drug-likeness (QED) is 0.0684. The molecule has 0 aliphatic carbocycles. The Balaban J connectivity index is 1.12. The number of amides is 3. The van der Waals surface area contributed by atoms with Crippen molar-refractivity contribution in [2.75, 3.05) is 24.3 Å². The van der Waals surface area contributed by atoms with Crippen molar-refractivity contribution in [2.45, 2.75) is 36.6 Å². The van der Waals surface area contributed by atoms with Gasteiger partial charge in [0.05, 0.1) is 17.9 Å². The number of thioether (sulfide) groups is 1. The molecule has 51 heavy (non-hydrogen) atoms. The Morgan fingerprint density at radius 1 is 0.941 bits per heavy atom. The van der Waals surface area contributed by atoms with Crippen molar-refractivity contribution in [1.82, 2.24) is 10.2 Å². The second-order valence-electron chi connectivity index (χ2n) is 11.8. The summed E-state index contributed by atoms with van der Waals surface area (Å²) in [4.78, 5) is 57.8. The van der Waals surface area contributed by atoms with Gasteiger partial charge in [-0.2, -0.15) is 0 Å². The third kappa shape index (κ3) is 9.21. The minimum Gasteiger partial charge on any atom is -0.465 e. The smallest absolute Gasteiger partial charge is 0.341 e. The number of carbonyl (C=O) groups excluding carboxylic acids is 4. The van der Waals surface area contributed by atoms with Crippen LogP contribution in [-0.4, -0.2) is 47.5 Å². The normalized spacial score (nSPS) is 13.5. The van der Waals surface area contributed by atoms with Gasteiger partial charge in [0.2, 0.25) is 5.91 Å². The maximum absolute atomic E-state index is 13.5. The number of hydrogen-bond acceptors (Lipinski definition) is 9. The van der Waals surface area contributed by atoms with Gasteiger partial charge >= 0.3 is 5.97 Å². The fourth-order valence-electron chi connectivity index (χ4n) is 5.61. The molecule has 3 aromatic carbocycles. The fraction of sp³-hybridized carbons (Fsp3) is 0.179. The number of methoxy groups -OCH3 is 1. The van der Waals surface area contributed by atoms with E-state index in [1.54, 1.807) is 55.5 Å². The van der Waals surface area contributed by atoms with Gasteiger partial charge in [0.1, 0.15) is 10.7 Å². The van der Waals surface area contributed by atoms with E-state index in [9.17, 15) is 19.2 Å². The molecule has 0 spiro atoms.